The van der Waals surface area contributed by atoms with Gasteiger partial charge < -0.3 is 10.2 Å². The van der Waals surface area contributed by atoms with Crippen molar-refractivity contribution in [3.8, 4) is 11.1 Å². The van der Waals surface area contributed by atoms with E-state index in [9.17, 15) is 9.59 Å². The van der Waals surface area contributed by atoms with E-state index in [1.807, 2.05) is 50.5 Å². The number of Topliss-reactive ketones (excluding diaryl/α,β-unsaturated/α-hetero) is 1. The van der Waals surface area contributed by atoms with Crippen molar-refractivity contribution in [1.82, 2.24) is 10.2 Å². The van der Waals surface area contributed by atoms with Crippen LogP contribution in [-0.2, 0) is 0 Å². The van der Waals surface area contributed by atoms with Crippen LogP contribution in [0.1, 0.15) is 40.0 Å². The molecule has 0 aliphatic carbocycles. The van der Waals surface area contributed by atoms with Crippen LogP contribution < -0.4 is 5.32 Å². The fraction of sp³-hybridized carbons (Fsp3) is 0.333. The lowest BCUT2D eigenvalue weighted by molar-refractivity contribution is 0.0959. The second-order valence-corrected chi connectivity index (χ2v) is 6.42. The maximum absolute atomic E-state index is 12.4. The SMILES string of the molecule is CNC(=O)c1ccc(-c2cccc(C(=O)CCCCN(C)C)c2)cc1. The summed E-state index contributed by atoms with van der Waals surface area (Å²) in [5.74, 6) is 0.0794. The summed E-state index contributed by atoms with van der Waals surface area (Å²) in [6.45, 7) is 1.00. The van der Waals surface area contributed by atoms with Gasteiger partial charge in [0.25, 0.3) is 5.91 Å². The van der Waals surface area contributed by atoms with E-state index in [1.165, 1.54) is 0 Å². The van der Waals surface area contributed by atoms with Crippen molar-refractivity contribution >= 4 is 11.7 Å². The summed E-state index contributed by atoms with van der Waals surface area (Å²) in [4.78, 5) is 26.1. The second-order valence-electron chi connectivity index (χ2n) is 6.42. The highest BCUT2D eigenvalue weighted by Gasteiger charge is 2.08. The quantitative estimate of drug-likeness (QED) is 0.591. The zero-order valence-corrected chi connectivity index (χ0v) is 15.2. The van der Waals surface area contributed by atoms with Gasteiger partial charge in [0.05, 0.1) is 0 Å². The fourth-order valence-corrected chi connectivity index (χ4v) is 2.69. The third kappa shape index (κ3) is 5.54. The van der Waals surface area contributed by atoms with Crippen molar-refractivity contribution < 1.29 is 9.59 Å². The summed E-state index contributed by atoms with van der Waals surface area (Å²) in [6.07, 6.45) is 2.51. The van der Waals surface area contributed by atoms with Crippen LogP contribution >= 0.6 is 0 Å². The van der Waals surface area contributed by atoms with Crippen molar-refractivity contribution in [1.29, 1.82) is 0 Å². The number of unbranched alkanes of at least 4 members (excludes halogenated alkanes) is 1. The van der Waals surface area contributed by atoms with E-state index < -0.39 is 0 Å². The number of ketones is 1. The molecule has 1 amide bonds. The Kier molecular flexibility index (Phi) is 6.90. The van der Waals surface area contributed by atoms with Crippen LogP contribution in [0.15, 0.2) is 48.5 Å². The molecule has 1 N–H and O–H groups in total. The maximum atomic E-state index is 12.4. The molecular weight excluding hydrogens is 312 g/mol. The molecular formula is C21H26N2O2. The summed E-state index contributed by atoms with van der Waals surface area (Å²) >= 11 is 0. The van der Waals surface area contributed by atoms with Crippen LogP contribution in [0.4, 0.5) is 0 Å². The Labute approximate surface area is 149 Å². The number of carbonyl (C=O) groups is 2. The van der Waals surface area contributed by atoms with Gasteiger partial charge in [-0.15, -0.1) is 0 Å². The smallest absolute Gasteiger partial charge is 0.251 e. The highest BCUT2D eigenvalue weighted by Crippen LogP contribution is 2.22. The molecule has 4 heteroatoms. The summed E-state index contributed by atoms with van der Waals surface area (Å²) in [5.41, 5.74) is 3.36. The predicted molar refractivity (Wildman–Crippen MR) is 102 cm³/mol. The Bertz CT molecular complexity index is 721. The number of hydrogen-bond acceptors (Lipinski definition) is 3. The fourth-order valence-electron chi connectivity index (χ4n) is 2.69. The molecule has 0 unspecified atom stereocenters. The second kappa shape index (κ2) is 9.14. The van der Waals surface area contributed by atoms with Crippen molar-refractivity contribution in [2.24, 2.45) is 0 Å². The molecule has 0 heterocycles. The third-order valence-electron chi connectivity index (χ3n) is 4.15. The molecule has 0 aromatic heterocycles. The number of benzene rings is 2. The van der Waals surface area contributed by atoms with Gasteiger partial charge in [0, 0.05) is 24.6 Å². The number of carbonyl (C=O) groups excluding carboxylic acids is 2. The number of rotatable bonds is 8. The van der Waals surface area contributed by atoms with Gasteiger partial charge in [0.15, 0.2) is 5.78 Å². The van der Waals surface area contributed by atoms with Crippen LogP contribution in [0.25, 0.3) is 11.1 Å². The molecule has 25 heavy (non-hydrogen) atoms. The zero-order valence-electron chi connectivity index (χ0n) is 15.2. The van der Waals surface area contributed by atoms with Gasteiger partial charge >= 0.3 is 0 Å². The van der Waals surface area contributed by atoms with Gasteiger partial charge in [-0.3, -0.25) is 9.59 Å². The predicted octanol–water partition coefficient (Wildman–Crippen LogP) is 3.63. The van der Waals surface area contributed by atoms with Gasteiger partial charge in [-0.2, -0.15) is 0 Å². The number of nitrogens with zero attached hydrogens (tertiary/aromatic N) is 1. The molecule has 0 aliphatic heterocycles. The monoisotopic (exact) mass is 338 g/mol. The Morgan fingerprint density at radius 3 is 2.28 bits per heavy atom. The average molecular weight is 338 g/mol. The van der Waals surface area contributed by atoms with E-state index in [2.05, 4.69) is 10.2 Å². The first-order valence-corrected chi connectivity index (χ1v) is 8.62. The molecule has 2 aromatic carbocycles. The molecule has 0 radical (unpaired) electrons. The average Bonchev–Trinajstić information content (AvgIpc) is 2.64. The standard InChI is InChI=1S/C21H26N2O2/c1-22-21(25)17-12-10-16(11-13-17)18-7-6-8-19(15-18)20(24)9-4-5-14-23(2)3/h6-8,10-13,15H,4-5,9,14H2,1-3H3,(H,22,25). The van der Waals surface area contributed by atoms with E-state index in [4.69, 9.17) is 0 Å². The number of hydrogen-bond donors (Lipinski definition) is 1. The highest BCUT2D eigenvalue weighted by atomic mass is 16.1. The molecule has 2 aromatic rings. The van der Waals surface area contributed by atoms with Crippen LogP contribution in [0.5, 0.6) is 0 Å². The van der Waals surface area contributed by atoms with Gasteiger partial charge in [-0.05, 0) is 62.8 Å². The Balaban J connectivity index is 2.05. The first kappa shape index (κ1) is 18.9. The zero-order chi connectivity index (χ0) is 18.2. The molecule has 4 nitrogen and oxygen atoms in total. The van der Waals surface area contributed by atoms with Gasteiger partial charge in [-0.1, -0.05) is 30.3 Å². The summed E-state index contributed by atoms with van der Waals surface area (Å²) in [5, 5.41) is 2.61. The number of amides is 1. The summed E-state index contributed by atoms with van der Waals surface area (Å²) in [6, 6.07) is 15.1. The summed E-state index contributed by atoms with van der Waals surface area (Å²) in [7, 11) is 5.70. The van der Waals surface area contributed by atoms with E-state index in [-0.39, 0.29) is 11.7 Å². The van der Waals surface area contributed by atoms with Crippen LogP contribution in [-0.4, -0.2) is 44.3 Å². The third-order valence-corrected chi connectivity index (χ3v) is 4.15. The summed E-state index contributed by atoms with van der Waals surface area (Å²) < 4.78 is 0. The minimum atomic E-state index is -0.104. The molecule has 132 valence electrons. The van der Waals surface area contributed by atoms with E-state index in [1.54, 1.807) is 19.2 Å². The Morgan fingerprint density at radius 1 is 0.920 bits per heavy atom. The number of nitrogens with one attached hydrogen (secondary N) is 1. The molecule has 0 saturated heterocycles. The van der Waals surface area contributed by atoms with Crippen LogP contribution in [0.3, 0.4) is 0 Å². The van der Waals surface area contributed by atoms with Gasteiger partial charge in [-0.25, -0.2) is 0 Å². The van der Waals surface area contributed by atoms with E-state index >= 15 is 0 Å². The molecule has 0 spiro atoms. The van der Waals surface area contributed by atoms with E-state index in [0.717, 1.165) is 36.1 Å². The lowest BCUT2D eigenvalue weighted by Gasteiger charge is -2.09. The van der Waals surface area contributed by atoms with Crippen molar-refractivity contribution in [3.05, 3.63) is 59.7 Å². The normalized spacial score (nSPS) is 10.7. The molecule has 0 aliphatic rings. The molecule has 2 rings (SSSR count). The van der Waals surface area contributed by atoms with Crippen molar-refractivity contribution in [3.63, 3.8) is 0 Å². The Hall–Kier alpha value is -2.46. The van der Waals surface area contributed by atoms with Crippen molar-refractivity contribution in [2.45, 2.75) is 19.3 Å². The molecule has 0 saturated carbocycles. The molecule has 0 fully saturated rings. The lowest BCUT2D eigenvalue weighted by atomic mass is 9.98. The Morgan fingerprint density at radius 2 is 1.64 bits per heavy atom. The molecule has 0 bridgehead atoms. The van der Waals surface area contributed by atoms with E-state index in [0.29, 0.717) is 12.0 Å². The maximum Gasteiger partial charge on any atom is 0.251 e. The van der Waals surface area contributed by atoms with Crippen LogP contribution in [0.2, 0.25) is 0 Å². The minimum Gasteiger partial charge on any atom is -0.355 e. The molecule has 0 atom stereocenters. The first-order chi connectivity index (χ1) is 12.0. The first-order valence-electron chi connectivity index (χ1n) is 8.62. The van der Waals surface area contributed by atoms with Crippen molar-refractivity contribution in [2.75, 3.05) is 27.7 Å². The minimum absolute atomic E-state index is 0.104. The van der Waals surface area contributed by atoms with Crippen LogP contribution in [0, 0.1) is 0 Å². The topological polar surface area (TPSA) is 49.4 Å². The lowest BCUT2D eigenvalue weighted by Crippen LogP contribution is -2.17. The highest BCUT2D eigenvalue weighted by molar-refractivity contribution is 5.97. The largest absolute Gasteiger partial charge is 0.355 e. The van der Waals surface area contributed by atoms with Gasteiger partial charge in [0.1, 0.15) is 0 Å². The van der Waals surface area contributed by atoms with Gasteiger partial charge in [0.2, 0.25) is 0 Å².